The molecule has 2 N–H and O–H groups in total. The van der Waals surface area contributed by atoms with E-state index in [-0.39, 0.29) is 5.91 Å². The molecular weight excluding hydrogens is 526 g/mol. The second-order valence-corrected chi connectivity index (χ2v) is 13.5. The summed E-state index contributed by atoms with van der Waals surface area (Å²) in [6.45, 7) is 3.51. The smallest absolute Gasteiger partial charge is 0.219 e. The Morgan fingerprint density at radius 2 is 0.767 bits per heavy atom. The first kappa shape index (κ1) is 42.2. The molecule has 0 heterocycles. The average Bonchev–Trinajstić information content (AvgIpc) is 3.01. The molecule has 3 heteroatoms. The first-order chi connectivity index (χ1) is 21.3. The van der Waals surface area contributed by atoms with Crippen LogP contribution in [-0.2, 0) is 4.79 Å². The van der Waals surface area contributed by atoms with Crippen LogP contribution in [0.25, 0.3) is 0 Å². The highest BCUT2D eigenvalue weighted by atomic mass is 16.2. The number of carbonyl (C=O) groups is 1. The van der Waals surface area contributed by atoms with E-state index in [0.717, 1.165) is 32.2 Å². The molecule has 0 aromatic rings. The van der Waals surface area contributed by atoms with Crippen molar-refractivity contribution in [3.8, 4) is 0 Å². The van der Waals surface area contributed by atoms with Crippen molar-refractivity contribution in [1.82, 2.24) is 5.32 Å². The maximum Gasteiger partial charge on any atom is 0.219 e. The zero-order valence-electron chi connectivity index (χ0n) is 29.5. The molecule has 0 aromatic heterocycles. The fourth-order valence-corrected chi connectivity index (χ4v) is 6.09. The molecule has 0 atom stereocenters. The van der Waals surface area contributed by atoms with Gasteiger partial charge in [0.2, 0.25) is 5.91 Å². The summed E-state index contributed by atoms with van der Waals surface area (Å²) in [5.74, 6) is 0.266. The number of nitrogens with one attached hydrogen (secondary N) is 1. The van der Waals surface area contributed by atoms with E-state index in [1.54, 1.807) is 0 Å². The number of aliphatic hydroxyl groups excluding tert-OH is 1. The van der Waals surface area contributed by atoms with Crippen LogP contribution in [0.2, 0.25) is 0 Å². The van der Waals surface area contributed by atoms with Crippen LogP contribution in [0.5, 0.6) is 0 Å². The van der Waals surface area contributed by atoms with Crippen molar-refractivity contribution in [3.05, 3.63) is 12.2 Å². The number of amides is 1. The summed E-state index contributed by atoms with van der Waals surface area (Å²) in [5, 5.41) is 11.9. The minimum Gasteiger partial charge on any atom is -0.396 e. The van der Waals surface area contributed by atoms with Gasteiger partial charge in [0.25, 0.3) is 0 Å². The summed E-state index contributed by atoms with van der Waals surface area (Å²) in [4.78, 5) is 12.1. The van der Waals surface area contributed by atoms with Crippen molar-refractivity contribution in [2.75, 3.05) is 13.2 Å². The summed E-state index contributed by atoms with van der Waals surface area (Å²) >= 11 is 0. The van der Waals surface area contributed by atoms with Gasteiger partial charge < -0.3 is 10.4 Å². The fourth-order valence-electron chi connectivity index (χ4n) is 6.09. The lowest BCUT2D eigenvalue weighted by molar-refractivity contribution is -0.121. The Kier molecular flexibility index (Phi) is 38.4. The van der Waals surface area contributed by atoms with Crippen LogP contribution in [-0.4, -0.2) is 24.2 Å². The van der Waals surface area contributed by atoms with Crippen LogP contribution >= 0.6 is 0 Å². The number of carbonyl (C=O) groups excluding carboxylic acids is 1. The molecule has 0 radical (unpaired) electrons. The summed E-state index contributed by atoms with van der Waals surface area (Å²) < 4.78 is 0. The Bertz CT molecular complexity index is 547. The molecule has 0 fully saturated rings. The maximum absolute atomic E-state index is 12.1. The zero-order chi connectivity index (χ0) is 31.2. The van der Waals surface area contributed by atoms with Gasteiger partial charge >= 0.3 is 0 Å². The van der Waals surface area contributed by atoms with Crippen LogP contribution in [0.3, 0.4) is 0 Å². The highest BCUT2D eigenvalue weighted by molar-refractivity contribution is 5.75. The molecule has 1 amide bonds. The van der Waals surface area contributed by atoms with Gasteiger partial charge in [-0.15, -0.1) is 0 Å². The molecule has 256 valence electrons. The highest BCUT2D eigenvalue weighted by Crippen LogP contribution is 2.15. The molecule has 0 unspecified atom stereocenters. The van der Waals surface area contributed by atoms with E-state index in [4.69, 9.17) is 5.11 Å². The molecular formula is C40H79NO2. The van der Waals surface area contributed by atoms with Crippen molar-refractivity contribution in [1.29, 1.82) is 0 Å². The van der Waals surface area contributed by atoms with Gasteiger partial charge in [-0.25, -0.2) is 0 Å². The van der Waals surface area contributed by atoms with Crippen molar-refractivity contribution in [2.24, 2.45) is 0 Å². The first-order valence-corrected chi connectivity index (χ1v) is 19.8. The Hall–Kier alpha value is -0.830. The minimum absolute atomic E-state index is 0.266. The van der Waals surface area contributed by atoms with Gasteiger partial charge in [0.15, 0.2) is 0 Å². The van der Waals surface area contributed by atoms with Crippen molar-refractivity contribution < 1.29 is 9.90 Å². The van der Waals surface area contributed by atoms with Gasteiger partial charge in [0.1, 0.15) is 0 Å². The van der Waals surface area contributed by atoms with E-state index in [1.165, 1.54) is 193 Å². The summed E-state index contributed by atoms with van der Waals surface area (Å²) in [6, 6.07) is 0. The van der Waals surface area contributed by atoms with Crippen LogP contribution in [0, 0.1) is 0 Å². The molecule has 0 saturated carbocycles. The predicted molar refractivity (Wildman–Crippen MR) is 192 cm³/mol. The second kappa shape index (κ2) is 39.2. The summed E-state index contributed by atoms with van der Waals surface area (Å²) in [7, 11) is 0. The molecule has 0 aliphatic heterocycles. The molecule has 0 spiro atoms. The summed E-state index contributed by atoms with van der Waals surface area (Å²) in [5.41, 5.74) is 0. The van der Waals surface area contributed by atoms with Gasteiger partial charge in [-0.3, -0.25) is 4.79 Å². The molecule has 0 aromatic carbocycles. The number of rotatable bonds is 37. The fraction of sp³-hybridized carbons (Fsp3) is 0.925. The van der Waals surface area contributed by atoms with Gasteiger partial charge in [0, 0.05) is 19.6 Å². The predicted octanol–water partition coefficient (Wildman–Crippen LogP) is 12.9. The van der Waals surface area contributed by atoms with Crippen LogP contribution in [0.4, 0.5) is 0 Å². The highest BCUT2D eigenvalue weighted by Gasteiger charge is 2.01. The molecule has 0 bridgehead atoms. The topological polar surface area (TPSA) is 49.3 Å². The van der Waals surface area contributed by atoms with E-state index >= 15 is 0 Å². The number of allylic oxidation sites excluding steroid dienone is 2. The van der Waals surface area contributed by atoms with Crippen molar-refractivity contribution in [3.63, 3.8) is 0 Å². The molecule has 3 nitrogen and oxygen atoms in total. The monoisotopic (exact) mass is 606 g/mol. The average molecular weight is 606 g/mol. The van der Waals surface area contributed by atoms with Gasteiger partial charge in [-0.05, 0) is 44.9 Å². The third kappa shape index (κ3) is 39.1. The quantitative estimate of drug-likeness (QED) is 0.0546. The van der Waals surface area contributed by atoms with Crippen LogP contribution < -0.4 is 5.32 Å². The van der Waals surface area contributed by atoms with Crippen molar-refractivity contribution >= 4 is 5.91 Å². The van der Waals surface area contributed by atoms with Crippen LogP contribution in [0.15, 0.2) is 12.2 Å². The summed E-state index contributed by atoms with van der Waals surface area (Å²) in [6.07, 6.45) is 49.4. The first-order valence-electron chi connectivity index (χ1n) is 19.8. The van der Waals surface area contributed by atoms with E-state index in [0.29, 0.717) is 6.61 Å². The SMILES string of the molecule is CCCCCCCC/C=C\CCCCCCCCCCCC(=O)NCCCCCCCCCCCCCCCCCCO. The molecule has 0 saturated heterocycles. The minimum atomic E-state index is 0.266. The molecule has 0 aliphatic rings. The lowest BCUT2D eigenvalue weighted by atomic mass is 10.0. The maximum atomic E-state index is 12.1. The third-order valence-corrected chi connectivity index (χ3v) is 9.07. The number of aliphatic hydroxyl groups is 1. The van der Waals surface area contributed by atoms with E-state index in [9.17, 15) is 4.79 Å². The third-order valence-electron chi connectivity index (χ3n) is 9.07. The van der Waals surface area contributed by atoms with Gasteiger partial charge in [-0.2, -0.15) is 0 Å². The molecule has 0 rings (SSSR count). The lowest BCUT2D eigenvalue weighted by Gasteiger charge is -2.06. The zero-order valence-corrected chi connectivity index (χ0v) is 29.5. The Morgan fingerprint density at radius 3 is 1.16 bits per heavy atom. The van der Waals surface area contributed by atoms with E-state index < -0.39 is 0 Å². The Balaban J connectivity index is 3.17. The standard InChI is InChI=1S/C40H79NO2/c1-2-3-4-5-6-7-8-9-10-11-12-13-16-19-22-25-28-31-34-37-40(43)41-38-35-32-29-26-23-20-17-14-15-18-21-24-27-30-33-36-39-42/h9-10,42H,2-8,11-39H2,1H3,(H,41,43)/b10-9-. The Labute approximate surface area is 271 Å². The van der Waals surface area contributed by atoms with E-state index in [2.05, 4.69) is 24.4 Å². The van der Waals surface area contributed by atoms with Crippen molar-refractivity contribution in [2.45, 2.75) is 225 Å². The Morgan fingerprint density at radius 1 is 0.442 bits per heavy atom. The number of hydrogen-bond donors (Lipinski definition) is 2. The van der Waals surface area contributed by atoms with Gasteiger partial charge in [0.05, 0.1) is 0 Å². The number of unbranched alkanes of at least 4 members (excludes halogenated alkanes) is 30. The van der Waals surface area contributed by atoms with E-state index in [1.807, 2.05) is 0 Å². The molecule has 0 aliphatic carbocycles. The van der Waals surface area contributed by atoms with Gasteiger partial charge in [-0.1, -0.05) is 186 Å². The number of hydrogen-bond acceptors (Lipinski definition) is 2. The normalized spacial score (nSPS) is 11.6. The largest absolute Gasteiger partial charge is 0.396 e. The van der Waals surface area contributed by atoms with Crippen LogP contribution in [0.1, 0.15) is 225 Å². The molecule has 43 heavy (non-hydrogen) atoms. The lowest BCUT2D eigenvalue weighted by Crippen LogP contribution is -2.23. The second-order valence-electron chi connectivity index (χ2n) is 13.5.